The predicted octanol–water partition coefficient (Wildman–Crippen LogP) is 3.35. The summed E-state index contributed by atoms with van der Waals surface area (Å²) in [5.74, 6) is 1.07. The predicted molar refractivity (Wildman–Crippen MR) is 93.4 cm³/mol. The molecule has 0 radical (unpaired) electrons. The molecule has 3 aromatic heterocycles. The number of pyridine rings is 1. The normalized spacial score (nSPS) is 11.5. The number of rotatable bonds is 1. The number of benzene rings is 1. The average molecular weight is 360 g/mol. The van der Waals surface area contributed by atoms with Crippen LogP contribution < -0.4 is 5.56 Å². The maximum atomic E-state index is 13.0. The second kappa shape index (κ2) is 5.29. The molecule has 0 saturated carbocycles. The summed E-state index contributed by atoms with van der Waals surface area (Å²) in [7, 11) is 0. The van der Waals surface area contributed by atoms with Crippen molar-refractivity contribution < 1.29 is 0 Å². The fourth-order valence-electron chi connectivity index (χ4n) is 2.77. The highest BCUT2D eigenvalue weighted by molar-refractivity contribution is 6.34. The van der Waals surface area contributed by atoms with Gasteiger partial charge in [-0.15, -0.1) is 5.10 Å². The molecule has 3 heterocycles. The molecule has 0 saturated heterocycles. The zero-order valence-corrected chi connectivity index (χ0v) is 14.3. The Hall–Kier alpha value is -2.44. The zero-order valence-electron chi connectivity index (χ0n) is 12.8. The van der Waals surface area contributed by atoms with Crippen molar-refractivity contribution in [3.05, 3.63) is 62.4 Å². The standard InChI is InChI=1S/C16H11Cl2N5O/c1-8-14-13(23-16(19-8)20-9(2)21-23)3-4-22(15(14)24)12-6-10(17)5-11(18)7-12/h3-7H,1-2H3. The fourth-order valence-corrected chi connectivity index (χ4v) is 3.28. The fraction of sp³-hybridized carbons (Fsp3) is 0.125. The molecule has 0 aliphatic heterocycles. The molecule has 24 heavy (non-hydrogen) atoms. The van der Waals surface area contributed by atoms with E-state index < -0.39 is 0 Å². The Balaban J connectivity index is 2.10. The van der Waals surface area contributed by atoms with Gasteiger partial charge in [0.1, 0.15) is 5.82 Å². The SMILES string of the molecule is Cc1nc2nc(C)c3c(=O)n(-c4cc(Cl)cc(Cl)c4)ccc3n2n1. The Kier molecular flexibility index (Phi) is 3.33. The number of hydrogen-bond acceptors (Lipinski definition) is 4. The van der Waals surface area contributed by atoms with E-state index in [1.54, 1.807) is 48.8 Å². The molecule has 8 heteroatoms. The molecule has 0 bridgehead atoms. The lowest BCUT2D eigenvalue weighted by Gasteiger charge is -2.10. The van der Waals surface area contributed by atoms with Crippen LogP contribution in [0, 0.1) is 13.8 Å². The van der Waals surface area contributed by atoms with Gasteiger partial charge in [-0.1, -0.05) is 23.2 Å². The van der Waals surface area contributed by atoms with Crippen LogP contribution in [0.25, 0.3) is 22.4 Å². The number of halogens is 2. The van der Waals surface area contributed by atoms with Gasteiger partial charge in [0.2, 0.25) is 0 Å². The summed E-state index contributed by atoms with van der Waals surface area (Å²) in [4.78, 5) is 21.6. The maximum Gasteiger partial charge on any atom is 0.266 e. The van der Waals surface area contributed by atoms with Crippen molar-refractivity contribution in [1.29, 1.82) is 0 Å². The molecule has 0 fully saturated rings. The number of nitrogens with zero attached hydrogens (tertiary/aromatic N) is 5. The van der Waals surface area contributed by atoms with Gasteiger partial charge in [0.25, 0.3) is 11.3 Å². The molecule has 0 spiro atoms. The molecule has 4 rings (SSSR count). The summed E-state index contributed by atoms with van der Waals surface area (Å²) in [6.07, 6.45) is 1.67. The third-order valence-electron chi connectivity index (χ3n) is 3.75. The molecule has 0 atom stereocenters. The molecule has 0 amide bonds. The molecule has 0 aliphatic carbocycles. The highest BCUT2D eigenvalue weighted by Crippen LogP contribution is 2.22. The maximum absolute atomic E-state index is 13.0. The Morgan fingerprint density at radius 1 is 1.04 bits per heavy atom. The Morgan fingerprint density at radius 3 is 2.46 bits per heavy atom. The van der Waals surface area contributed by atoms with Gasteiger partial charge < -0.3 is 0 Å². The first-order valence-corrected chi connectivity index (χ1v) is 7.91. The minimum Gasteiger partial charge on any atom is -0.284 e. The summed E-state index contributed by atoms with van der Waals surface area (Å²) in [5.41, 5.74) is 1.63. The summed E-state index contributed by atoms with van der Waals surface area (Å²) in [6, 6.07) is 6.79. The molecule has 6 nitrogen and oxygen atoms in total. The molecule has 0 aliphatic rings. The van der Waals surface area contributed by atoms with Gasteiger partial charge in [0.15, 0.2) is 0 Å². The van der Waals surface area contributed by atoms with Crippen LogP contribution in [-0.4, -0.2) is 24.1 Å². The number of fused-ring (bicyclic) bond motifs is 3. The third-order valence-corrected chi connectivity index (χ3v) is 4.19. The van der Waals surface area contributed by atoms with Crippen LogP contribution in [0.3, 0.4) is 0 Å². The highest BCUT2D eigenvalue weighted by Gasteiger charge is 2.14. The Bertz CT molecular complexity index is 1160. The summed E-state index contributed by atoms with van der Waals surface area (Å²) in [6.45, 7) is 3.56. The molecule has 4 aromatic rings. The van der Waals surface area contributed by atoms with Crippen molar-refractivity contribution in [2.24, 2.45) is 0 Å². The second-order valence-electron chi connectivity index (χ2n) is 5.45. The minimum atomic E-state index is -0.217. The molecule has 0 unspecified atom stereocenters. The van der Waals surface area contributed by atoms with Gasteiger partial charge >= 0.3 is 0 Å². The van der Waals surface area contributed by atoms with Crippen molar-refractivity contribution in [3.63, 3.8) is 0 Å². The van der Waals surface area contributed by atoms with E-state index in [1.165, 1.54) is 4.57 Å². The highest BCUT2D eigenvalue weighted by atomic mass is 35.5. The molecule has 0 N–H and O–H groups in total. The third kappa shape index (κ3) is 2.26. The smallest absolute Gasteiger partial charge is 0.266 e. The van der Waals surface area contributed by atoms with E-state index in [9.17, 15) is 4.79 Å². The average Bonchev–Trinajstić information content (AvgIpc) is 2.86. The number of aromatic nitrogens is 5. The number of hydrogen-bond donors (Lipinski definition) is 0. The topological polar surface area (TPSA) is 65.1 Å². The van der Waals surface area contributed by atoms with Crippen LogP contribution in [0.4, 0.5) is 0 Å². The van der Waals surface area contributed by atoms with Crippen LogP contribution in [-0.2, 0) is 0 Å². The first-order valence-electron chi connectivity index (χ1n) is 7.16. The lowest BCUT2D eigenvalue weighted by molar-refractivity contribution is 0.933. The summed E-state index contributed by atoms with van der Waals surface area (Å²) < 4.78 is 3.07. The molecule has 1 aromatic carbocycles. The number of aryl methyl sites for hydroxylation is 2. The van der Waals surface area contributed by atoms with E-state index in [2.05, 4.69) is 15.1 Å². The lowest BCUT2D eigenvalue weighted by Crippen LogP contribution is -2.20. The van der Waals surface area contributed by atoms with Crippen LogP contribution in [0.15, 0.2) is 35.3 Å². The minimum absolute atomic E-state index is 0.217. The first kappa shape index (κ1) is 15.1. The second-order valence-corrected chi connectivity index (χ2v) is 6.32. The van der Waals surface area contributed by atoms with E-state index in [0.29, 0.717) is 43.9 Å². The first-order chi connectivity index (χ1) is 11.4. The van der Waals surface area contributed by atoms with Crippen LogP contribution in [0.5, 0.6) is 0 Å². The summed E-state index contributed by atoms with van der Waals surface area (Å²) >= 11 is 12.1. The van der Waals surface area contributed by atoms with Crippen molar-refractivity contribution in [2.45, 2.75) is 13.8 Å². The monoisotopic (exact) mass is 359 g/mol. The van der Waals surface area contributed by atoms with Gasteiger partial charge in [-0.25, -0.2) is 4.98 Å². The zero-order chi connectivity index (χ0) is 17.0. The van der Waals surface area contributed by atoms with Gasteiger partial charge in [0.05, 0.1) is 22.3 Å². The largest absolute Gasteiger partial charge is 0.284 e. The molecule has 120 valence electrons. The summed E-state index contributed by atoms with van der Waals surface area (Å²) in [5, 5.41) is 5.70. The lowest BCUT2D eigenvalue weighted by atomic mass is 10.2. The van der Waals surface area contributed by atoms with E-state index in [4.69, 9.17) is 23.2 Å². The van der Waals surface area contributed by atoms with Crippen LogP contribution in [0.1, 0.15) is 11.5 Å². The van der Waals surface area contributed by atoms with E-state index in [-0.39, 0.29) is 5.56 Å². The van der Waals surface area contributed by atoms with Crippen LogP contribution in [0.2, 0.25) is 10.0 Å². The van der Waals surface area contributed by atoms with Crippen molar-refractivity contribution in [3.8, 4) is 5.69 Å². The van der Waals surface area contributed by atoms with Crippen LogP contribution >= 0.6 is 23.2 Å². The van der Waals surface area contributed by atoms with Crippen molar-refractivity contribution in [2.75, 3.05) is 0 Å². The Morgan fingerprint density at radius 2 is 1.75 bits per heavy atom. The molecular formula is C16H11Cl2N5O. The Labute approximate surface area is 146 Å². The van der Waals surface area contributed by atoms with E-state index in [0.717, 1.165) is 0 Å². The van der Waals surface area contributed by atoms with Gasteiger partial charge in [0, 0.05) is 16.2 Å². The van der Waals surface area contributed by atoms with Crippen molar-refractivity contribution >= 4 is 39.9 Å². The van der Waals surface area contributed by atoms with E-state index in [1.807, 2.05) is 0 Å². The quantitative estimate of drug-likeness (QED) is 0.522. The van der Waals surface area contributed by atoms with Gasteiger partial charge in [-0.05, 0) is 38.1 Å². The van der Waals surface area contributed by atoms with Gasteiger partial charge in [-0.2, -0.15) is 9.50 Å². The van der Waals surface area contributed by atoms with Crippen molar-refractivity contribution in [1.82, 2.24) is 24.1 Å². The van der Waals surface area contributed by atoms with Gasteiger partial charge in [-0.3, -0.25) is 9.36 Å². The van der Waals surface area contributed by atoms with E-state index >= 15 is 0 Å². The molecular weight excluding hydrogens is 349 g/mol.